The highest BCUT2D eigenvalue weighted by molar-refractivity contribution is 6.30. The molecule has 3 fully saturated rings. The van der Waals surface area contributed by atoms with Crippen molar-refractivity contribution in [2.75, 3.05) is 0 Å². The molecule has 3 heterocycles. The van der Waals surface area contributed by atoms with Crippen LogP contribution in [0.15, 0.2) is 36.7 Å². The second kappa shape index (κ2) is 8.27. The van der Waals surface area contributed by atoms with Crippen molar-refractivity contribution >= 4 is 23.4 Å². The summed E-state index contributed by atoms with van der Waals surface area (Å²) in [5.74, 6) is -0.315. The zero-order valence-corrected chi connectivity index (χ0v) is 20.2. The highest BCUT2D eigenvalue weighted by atomic mass is 35.5. The highest BCUT2D eigenvalue weighted by Crippen LogP contribution is 2.74. The van der Waals surface area contributed by atoms with Crippen LogP contribution in [-0.2, 0) is 23.0 Å². The van der Waals surface area contributed by atoms with Crippen LogP contribution < -0.4 is 0 Å². The quantitative estimate of drug-likeness (QED) is 0.265. The van der Waals surface area contributed by atoms with Crippen LogP contribution >= 0.6 is 11.6 Å². The van der Waals surface area contributed by atoms with E-state index in [0.29, 0.717) is 45.2 Å². The number of carbonyl (C=O) groups is 2. The van der Waals surface area contributed by atoms with Gasteiger partial charge in [0.1, 0.15) is 17.0 Å². The van der Waals surface area contributed by atoms with Crippen LogP contribution in [-0.4, -0.2) is 36.7 Å². The minimum absolute atomic E-state index is 0.0370. The van der Waals surface area contributed by atoms with E-state index in [-0.39, 0.29) is 17.6 Å². The van der Waals surface area contributed by atoms with E-state index in [4.69, 9.17) is 16.3 Å². The Bertz CT molecular complexity index is 1250. The lowest BCUT2D eigenvalue weighted by Gasteiger charge is -2.70. The molecule has 0 saturated heterocycles. The van der Waals surface area contributed by atoms with E-state index in [1.165, 1.54) is 4.68 Å². The van der Waals surface area contributed by atoms with E-state index in [9.17, 15) is 9.59 Å². The van der Waals surface area contributed by atoms with Gasteiger partial charge in [-0.15, -0.1) is 5.10 Å². The number of carbonyl (C=O) groups excluding carboxylic acids is 2. The zero-order valence-electron chi connectivity index (χ0n) is 19.4. The van der Waals surface area contributed by atoms with Gasteiger partial charge in [0.25, 0.3) is 0 Å². The molecule has 176 valence electrons. The molecule has 0 spiro atoms. The lowest BCUT2D eigenvalue weighted by Crippen LogP contribution is -2.60. The number of nitrogens with zero attached hydrogens (tertiary/aromatic N) is 5. The predicted octanol–water partition coefficient (Wildman–Crippen LogP) is 4.54. The maximum atomic E-state index is 12.7. The highest BCUT2D eigenvalue weighted by Gasteiger charge is 2.64. The van der Waals surface area contributed by atoms with Gasteiger partial charge in [-0.05, 0) is 55.2 Å². The smallest absolute Gasteiger partial charge is 0.312 e. The fraction of sp³-hybridized carbons (Fsp3) is 0.440. The molecule has 3 aliphatic rings. The van der Waals surface area contributed by atoms with Gasteiger partial charge in [-0.2, -0.15) is 0 Å². The topological polar surface area (TPSA) is 99.9 Å². The number of ether oxygens (including phenoxy) is 1. The molecule has 34 heavy (non-hydrogen) atoms. The summed E-state index contributed by atoms with van der Waals surface area (Å²) in [6.07, 6.45) is 6.64. The largest absolute Gasteiger partial charge is 0.457 e. The van der Waals surface area contributed by atoms with E-state index in [1.807, 2.05) is 0 Å². The number of ketones is 1. The summed E-state index contributed by atoms with van der Waals surface area (Å²) in [5, 5.41) is 8.54. The number of esters is 1. The molecule has 0 N–H and O–H groups in total. The molecular weight excluding hydrogens is 454 g/mol. The average Bonchev–Trinajstić information content (AvgIpc) is 3.12. The van der Waals surface area contributed by atoms with Crippen LogP contribution in [0.3, 0.4) is 0 Å². The first-order valence-corrected chi connectivity index (χ1v) is 11.7. The minimum Gasteiger partial charge on any atom is -0.457 e. The molecule has 1 atom stereocenters. The lowest BCUT2D eigenvalue weighted by atomic mass is 9.35. The van der Waals surface area contributed by atoms with Crippen molar-refractivity contribution in [3.63, 3.8) is 0 Å². The van der Waals surface area contributed by atoms with E-state index in [0.717, 1.165) is 19.3 Å². The second-order valence-electron chi connectivity index (χ2n) is 10.1. The van der Waals surface area contributed by atoms with Gasteiger partial charge in [-0.25, -0.2) is 4.98 Å². The molecule has 0 radical (unpaired) electrons. The average molecular weight is 480 g/mol. The monoisotopic (exact) mass is 479 g/mol. The van der Waals surface area contributed by atoms with Gasteiger partial charge in [-0.3, -0.25) is 19.3 Å². The van der Waals surface area contributed by atoms with Crippen molar-refractivity contribution in [1.29, 1.82) is 0 Å². The molecule has 8 nitrogen and oxygen atoms in total. The Balaban J connectivity index is 1.26. The lowest BCUT2D eigenvalue weighted by molar-refractivity contribution is -0.187. The summed E-state index contributed by atoms with van der Waals surface area (Å²) in [4.78, 5) is 33.9. The maximum absolute atomic E-state index is 12.7. The van der Waals surface area contributed by atoms with E-state index < -0.39 is 12.1 Å². The molecular formula is C25H26ClN5O3. The Kier molecular flexibility index (Phi) is 5.51. The number of Topliss-reactive ketones (excluding diaryl/α,β-unsaturated/α-hetero) is 1. The van der Waals surface area contributed by atoms with Crippen molar-refractivity contribution in [2.45, 2.75) is 52.1 Å². The number of pyridine rings is 2. The number of aromatic nitrogens is 5. The Morgan fingerprint density at radius 1 is 1.21 bits per heavy atom. The SMILES string of the molecule is C[C@@H](OC(=O)Cc1c(-c2ccc(C(=O)CC34CC(C)(C3)C4)cn2)nnn1C)c1cccnc1Cl. The molecule has 0 amide bonds. The van der Waals surface area contributed by atoms with Crippen molar-refractivity contribution in [3.05, 3.63) is 58.6 Å². The number of aryl methyl sites for hydroxylation is 1. The van der Waals surface area contributed by atoms with Crippen molar-refractivity contribution in [3.8, 4) is 11.4 Å². The van der Waals surface area contributed by atoms with E-state index in [1.54, 1.807) is 50.6 Å². The van der Waals surface area contributed by atoms with Gasteiger partial charge >= 0.3 is 5.97 Å². The summed E-state index contributed by atoms with van der Waals surface area (Å²) >= 11 is 6.11. The number of halogens is 1. The third kappa shape index (κ3) is 4.11. The molecule has 3 saturated carbocycles. The van der Waals surface area contributed by atoms with Gasteiger partial charge in [0.05, 0.1) is 17.8 Å². The van der Waals surface area contributed by atoms with Crippen LogP contribution in [0.1, 0.15) is 67.3 Å². The van der Waals surface area contributed by atoms with Crippen LogP contribution in [0.25, 0.3) is 11.4 Å². The fourth-order valence-corrected chi connectivity index (χ4v) is 6.08. The molecule has 0 aliphatic heterocycles. The maximum Gasteiger partial charge on any atom is 0.312 e. The zero-order chi connectivity index (χ0) is 24.1. The van der Waals surface area contributed by atoms with Crippen LogP contribution in [0.4, 0.5) is 0 Å². The van der Waals surface area contributed by atoms with Crippen LogP contribution in [0, 0.1) is 10.8 Å². The fourth-order valence-electron chi connectivity index (χ4n) is 5.80. The normalized spacial score (nSPS) is 23.5. The minimum atomic E-state index is -0.551. The van der Waals surface area contributed by atoms with Crippen LogP contribution in [0.5, 0.6) is 0 Å². The standard InChI is InChI=1S/C25H26ClN5O3/c1-15(17-5-4-8-27-23(17)26)34-21(33)9-19-22(29-30-31(19)3)18-7-6-16(11-28-18)20(32)10-25-12-24(2,13-25)14-25/h4-8,11,15H,9-10,12-14H2,1-3H3/t15-,24?,25?/m1/s1. The molecule has 2 bridgehead atoms. The van der Waals surface area contributed by atoms with E-state index >= 15 is 0 Å². The first-order valence-electron chi connectivity index (χ1n) is 11.4. The van der Waals surface area contributed by atoms with Gasteiger partial charge in [0, 0.05) is 37.0 Å². The molecule has 3 aromatic heterocycles. The summed E-state index contributed by atoms with van der Waals surface area (Å²) in [5.41, 5.74) is 3.55. The third-order valence-electron chi connectivity index (χ3n) is 7.06. The predicted molar refractivity (Wildman–Crippen MR) is 125 cm³/mol. The molecule has 6 rings (SSSR count). The molecule has 3 aromatic rings. The van der Waals surface area contributed by atoms with Gasteiger partial charge in [0.15, 0.2) is 5.78 Å². The number of rotatable bonds is 8. The van der Waals surface area contributed by atoms with Crippen molar-refractivity contribution in [1.82, 2.24) is 25.0 Å². The molecule has 3 aliphatic carbocycles. The molecule has 9 heteroatoms. The first-order chi connectivity index (χ1) is 16.2. The molecule has 0 aromatic carbocycles. The third-order valence-corrected chi connectivity index (χ3v) is 7.37. The van der Waals surface area contributed by atoms with Gasteiger partial charge in [-0.1, -0.05) is 29.8 Å². The summed E-state index contributed by atoms with van der Waals surface area (Å²) in [6, 6.07) is 7.05. The first kappa shape index (κ1) is 22.7. The summed E-state index contributed by atoms with van der Waals surface area (Å²) in [6.45, 7) is 4.03. The molecule has 0 unspecified atom stereocenters. The van der Waals surface area contributed by atoms with Crippen LogP contribution in [0.2, 0.25) is 5.15 Å². The Morgan fingerprint density at radius 3 is 2.62 bits per heavy atom. The van der Waals surface area contributed by atoms with Crippen molar-refractivity contribution in [2.24, 2.45) is 17.9 Å². The Hall–Kier alpha value is -3.13. The Labute approximate surface area is 202 Å². The number of hydrogen-bond acceptors (Lipinski definition) is 7. The number of hydrogen-bond donors (Lipinski definition) is 0. The van der Waals surface area contributed by atoms with Crippen molar-refractivity contribution < 1.29 is 14.3 Å². The summed E-state index contributed by atoms with van der Waals surface area (Å²) in [7, 11) is 1.71. The Morgan fingerprint density at radius 2 is 1.97 bits per heavy atom. The summed E-state index contributed by atoms with van der Waals surface area (Å²) < 4.78 is 7.09. The van der Waals surface area contributed by atoms with Gasteiger partial charge in [0.2, 0.25) is 0 Å². The second-order valence-corrected chi connectivity index (χ2v) is 10.4. The van der Waals surface area contributed by atoms with E-state index in [2.05, 4.69) is 27.2 Å². The van der Waals surface area contributed by atoms with Gasteiger partial charge < -0.3 is 4.74 Å².